The Labute approximate surface area is 138 Å². The van der Waals surface area contributed by atoms with Gasteiger partial charge in [-0.1, -0.05) is 20.3 Å². The van der Waals surface area contributed by atoms with E-state index in [1.165, 1.54) is 0 Å². The average molecular weight is 320 g/mol. The third-order valence-electron chi connectivity index (χ3n) is 3.76. The first-order valence-corrected chi connectivity index (χ1v) is 8.68. The number of piperidine rings is 1. The second kappa shape index (κ2) is 9.40. The van der Waals surface area contributed by atoms with E-state index in [1.807, 2.05) is 18.2 Å². The van der Waals surface area contributed by atoms with Crippen LogP contribution in [0.2, 0.25) is 0 Å². The number of hydrogen-bond acceptors (Lipinski definition) is 4. The van der Waals surface area contributed by atoms with Gasteiger partial charge in [0.1, 0.15) is 0 Å². The lowest BCUT2D eigenvalue weighted by Crippen LogP contribution is -2.43. The van der Waals surface area contributed by atoms with E-state index in [9.17, 15) is 4.79 Å². The summed E-state index contributed by atoms with van der Waals surface area (Å²) in [5, 5.41) is 6.23. The van der Waals surface area contributed by atoms with E-state index >= 15 is 0 Å². The smallest absolute Gasteiger partial charge is 0.241 e. The van der Waals surface area contributed by atoms with Gasteiger partial charge < -0.3 is 20.1 Å². The van der Waals surface area contributed by atoms with E-state index in [0.29, 0.717) is 19.0 Å². The van der Waals surface area contributed by atoms with Crippen LogP contribution in [0.5, 0.6) is 11.5 Å². The summed E-state index contributed by atoms with van der Waals surface area (Å²) in [6.45, 7) is 6.32. The van der Waals surface area contributed by atoms with Crippen molar-refractivity contribution in [3.63, 3.8) is 0 Å². The van der Waals surface area contributed by atoms with Crippen molar-refractivity contribution >= 4 is 11.6 Å². The van der Waals surface area contributed by atoms with Gasteiger partial charge in [-0.3, -0.25) is 4.79 Å². The number of hydrogen-bond donors (Lipinski definition) is 2. The monoisotopic (exact) mass is 320 g/mol. The summed E-state index contributed by atoms with van der Waals surface area (Å²) in [7, 11) is 0. The SMILES string of the molecule is CCCOc1ccc(NC(=O)[C@H]2CCCCN2)cc1OCCC. The van der Waals surface area contributed by atoms with Gasteiger partial charge >= 0.3 is 0 Å². The molecule has 0 saturated carbocycles. The Morgan fingerprint density at radius 3 is 2.57 bits per heavy atom. The van der Waals surface area contributed by atoms with Crippen molar-refractivity contribution in [1.82, 2.24) is 5.32 Å². The van der Waals surface area contributed by atoms with Gasteiger partial charge in [0.2, 0.25) is 5.91 Å². The Kier molecular flexibility index (Phi) is 7.20. The lowest BCUT2D eigenvalue weighted by Gasteiger charge is -2.22. The molecule has 5 heteroatoms. The molecule has 1 fully saturated rings. The summed E-state index contributed by atoms with van der Waals surface area (Å²) < 4.78 is 11.5. The molecule has 1 aromatic carbocycles. The van der Waals surface area contributed by atoms with Crippen molar-refractivity contribution in [2.24, 2.45) is 0 Å². The molecule has 1 amide bonds. The topological polar surface area (TPSA) is 59.6 Å². The van der Waals surface area contributed by atoms with Gasteiger partial charge in [-0.2, -0.15) is 0 Å². The fourth-order valence-corrected chi connectivity index (χ4v) is 2.55. The van der Waals surface area contributed by atoms with Crippen LogP contribution in [0.1, 0.15) is 46.0 Å². The van der Waals surface area contributed by atoms with Crippen LogP contribution in [0.15, 0.2) is 18.2 Å². The highest BCUT2D eigenvalue weighted by molar-refractivity contribution is 5.95. The molecular formula is C18H28N2O3. The molecule has 1 heterocycles. The van der Waals surface area contributed by atoms with Crippen LogP contribution in [0.3, 0.4) is 0 Å². The van der Waals surface area contributed by atoms with Crippen molar-refractivity contribution in [2.45, 2.75) is 52.0 Å². The molecule has 0 bridgehead atoms. The van der Waals surface area contributed by atoms with Crippen LogP contribution < -0.4 is 20.1 Å². The first kappa shape index (κ1) is 17.6. The second-order valence-corrected chi connectivity index (χ2v) is 5.85. The highest BCUT2D eigenvalue weighted by Gasteiger charge is 2.20. The molecule has 1 aromatic rings. The minimum Gasteiger partial charge on any atom is -0.490 e. The quantitative estimate of drug-likeness (QED) is 0.771. The first-order valence-electron chi connectivity index (χ1n) is 8.68. The molecule has 5 nitrogen and oxygen atoms in total. The van der Waals surface area contributed by atoms with Gasteiger partial charge in [-0.15, -0.1) is 0 Å². The molecule has 2 N–H and O–H groups in total. The molecule has 1 atom stereocenters. The van der Waals surface area contributed by atoms with E-state index in [0.717, 1.165) is 50.1 Å². The second-order valence-electron chi connectivity index (χ2n) is 5.85. The van der Waals surface area contributed by atoms with Gasteiger partial charge in [-0.05, 0) is 44.4 Å². The molecule has 0 spiro atoms. The lowest BCUT2D eigenvalue weighted by atomic mass is 10.0. The fourth-order valence-electron chi connectivity index (χ4n) is 2.55. The largest absolute Gasteiger partial charge is 0.490 e. The van der Waals surface area contributed by atoms with E-state index in [-0.39, 0.29) is 11.9 Å². The van der Waals surface area contributed by atoms with Gasteiger partial charge in [-0.25, -0.2) is 0 Å². The molecular weight excluding hydrogens is 292 g/mol. The minimum absolute atomic E-state index is 0.0216. The zero-order valence-corrected chi connectivity index (χ0v) is 14.2. The molecule has 1 aliphatic rings. The number of benzene rings is 1. The third kappa shape index (κ3) is 5.43. The molecule has 0 unspecified atom stereocenters. The molecule has 0 aromatic heterocycles. The fraction of sp³-hybridized carbons (Fsp3) is 0.611. The number of carbonyl (C=O) groups excluding carboxylic acids is 1. The molecule has 1 aliphatic heterocycles. The summed E-state index contributed by atoms with van der Waals surface area (Å²) in [6, 6.07) is 5.48. The van der Waals surface area contributed by atoms with E-state index in [4.69, 9.17) is 9.47 Å². The third-order valence-corrected chi connectivity index (χ3v) is 3.76. The molecule has 23 heavy (non-hydrogen) atoms. The summed E-state index contributed by atoms with van der Waals surface area (Å²) in [4.78, 5) is 12.3. The Morgan fingerprint density at radius 2 is 1.91 bits per heavy atom. The minimum atomic E-state index is -0.0974. The number of rotatable bonds is 8. The Hall–Kier alpha value is -1.75. The standard InChI is InChI=1S/C18H28N2O3/c1-3-11-22-16-9-8-14(13-17(16)23-12-4-2)20-18(21)15-7-5-6-10-19-15/h8-9,13,15,19H,3-7,10-12H2,1-2H3,(H,20,21)/t15-/m1/s1. The predicted octanol–water partition coefficient (Wildman–Crippen LogP) is 3.34. The summed E-state index contributed by atoms with van der Waals surface area (Å²) in [5.41, 5.74) is 0.748. The molecule has 0 aliphatic carbocycles. The Bertz CT molecular complexity index is 499. The van der Waals surface area contributed by atoms with Gasteiger partial charge in [0, 0.05) is 11.8 Å². The maximum absolute atomic E-state index is 12.3. The average Bonchev–Trinajstić information content (AvgIpc) is 2.59. The van der Waals surface area contributed by atoms with Crippen molar-refractivity contribution in [1.29, 1.82) is 0 Å². The summed E-state index contributed by atoms with van der Waals surface area (Å²) in [5.74, 6) is 1.44. The number of anilines is 1. The van der Waals surface area contributed by atoms with Gasteiger partial charge in [0.05, 0.1) is 19.3 Å². The van der Waals surface area contributed by atoms with Crippen LogP contribution in [-0.4, -0.2) is 31.7 Å². The maximum Gasteiger partial charge on any atom is 0.241 e. The van der Waals surface area contributed by atoms with Crippen molar-refractivity contribution in [2.75, 3.05) is 25.1 Å². The Morgan fingerprint density at radius 1 is 1.17 bits per heavy atom. The van der Waals surface area contributed by atoms with Gasteiger partial charge in [0.25, 0.3) is 0 Å². The van der Waals surface area contributed by atoms with E-state index < -0.39 is 0 Å². The molecule has 0 radical (unpaired) electrons. The Balaban J connectivity index is 2.04. The maximum atomic E-state index is 12.3. The highest BCUT2D eigenvalue weighted by Crippen LogP contribution is 2.31. The predicted molar refractivity (Wildman–Crippen MR) is 92.3 cm³/mol. The first-order chi connectivity index (χ1) is 11.2. The number of nitrogens with one attached hydrogen (secondary N) is 2. The normalized spacial score (nSPS) is 17.6. The lowest BCUT2D eigenvalue weighted by molar-refractivity contribution is -0.118. The van der Waals surface area contributed by atoms with Crippen LogP contribution in [-0.2, 0) is 4.79 Å². The zero-order chi connectivity index (χ0) is 16.5. The molecule has 1 saturated heterocycles. The molecule has 2 rings (SSSR count). The van der Waals surface area contributed by atoms with Crippen LogP contribution in [0, 0.1) is 0 Å². The van der Waals surface area contributed by atoms with Crippen LogP contribution in [0.25, 0.3) is 0 Å². The van der Waals surface area contributed by atoms with Crippen LogP contribution in [0.4, 0.5) is 5.69 Å². The van der Waals surface area contributed by atoms with Crippen molar-refractivity contribution in [3.05, 3.63) is 18.2 Å². The number of ether oxygens (including phenoxy) is 2. The zero-order valence-electron chi connectivity index (χ0n) is 14.2. The van der Waals surface area contributed by atoms with Crippen molar-refractivity contribution < 1.29 is 14.3 Å². The number of carbonyl (C=O) groups is 1. The summed E-state index contributed by atoms with van der Waals surface area (Å²) >= 11 is 0. The van der Waals surface area contributed by atoms with Gasteiger partial charge in [0.15, 0.2) is 11.5 Å². The van der Waals surface area contributed by atoms with E-state index in [2.05, 4.69) is 24.5 Å². The van der Waals surface area contributed by atoms with Crippen LogP contribution >= 0.6 is 0 Å². The number of amides is 1. The highest BCUT2D eigenvalue weighted by atomic mass is 16.5. The molecule has 128 valence electrons. The van der Waals surface area contributed by atoms with E-state index in [1.54, 1.807) is 0 Å². The summed E-state index contributed by atoms with van der Waals surface area (Å²) in [6.07, 6.45) is 5.00. The van der Waals surface area contributed by atoms with Crippen molar-refractivity contribution in [3.8, 4) is 11.5 Å².